The van der Waals surface area contributed by atoms with Crippen LogP contribution in [0.15, 0.2) is 12.1 Å². The van der Waals surface area contributed by atoms with Gasteiger partial charge in [0.1, 0.15) is 0 Å². The van der Waals surface area contributed by atoms with Gasteiger partial charge in [0.15, 0.2) is 5.03 Å². The summed E-state index contributed by atoms with van der Waals surface area (Å²) in [5.74, 6) is 0. The summed E-state index contributed by atoms with van der Waals surface area (Å²) in [4.78, 5) is 39.4. The van der Waals surface area contributed by atoms with Crippen LogP contribution in [0.4, 0.5) is 22.7 Å². The number of hydrogen-bond acceptors (Lipinski definition) is 11. The zero-order valence-corrected chi connectivity index (χ0v) is 13.3. The van der Waals surface area contributed by atoms with Crippen molar-refractivity contribution < 1.29 is 37.3 Å². The summed E-state index contributed by atoms with van der Waals surface area (Å²) < 4.78 is 31.6. The fourth-order valence-corrected chi connectivity index (χ4v) is 1.39. The first-order valence-electron chi connectivity index (χ1n) is 5.36. The maximum atomic E-state index is 10.8. The van der Waals surface area contributed by atoms with Gasteiger partial charge >= 0.3 is 21.8 Å². The van der Waals surface area contributed by atoms with E-state index in [0.717, 1.165) is 7.05 Å². The van der Waals surface area contributed by atoms with Gasteiger partial charge in [-0.1, -0.05) is 5.01 Å². The van der Waals surface area contributed by atoms with Crippen LogP contribution in [-0.2, 0) is 10.4 Å². The van der Waals surface area contributed by atoms with Gasteiger partial charge in [-0.15, -0.1) is 0 Å². The lowest BCUT2D eigenvalue weighted by Crippen LogP contribution is -2.26. The molecule has 26 heavy (non-hydrogen) atoms. The summed E-state index contributed by atoms with van der Waals surface area (Å²) in [5.41, 5.74) is -4.07. The van der Waals surface area contributed by atoms with Crippen LogP contribution in [-0.4, -0.2) is 44.4 Å². The highest BCUT2D eigenvalue weighted by Crippen LogP contribution is 2.40. The molecule has 18 nitrogen and oxygen atoms in total. The van der Waals surface area contributed by atoms with Gasteiger partial charge in [-0.3, -0.25) is 39.4 Å². The number of benzene rings is 1. The Morgan fingerprint density at radius 1 is 0.885 bits per heavy atom. The summed E-state index contributed by atoms with van der Waals surface area (Å²) in [7, 11) is -3.92. The number of hydrazine groups is 1. The lowest BCUT2D eigenvalue weighted by Gasteiger charge is -2.08. The number of non-ortho nitro benzene ring substituents is 1. The van der Waals surface area contributed by atoms with Crippen LogP contribution in [0.25, 0.3) is 0 Å². The van der Waals surface area contributed by atoms with E-state index in [2.05, 4.69) is 0 Å². The number of anilines is 1. The van der Waals surface area contributed by atoms with Crippen LogP contribution in [0.3, 0.4) is 0 Å². The van der Waals surface area contributed by atoms with Gasteiger partial charge in [0.2, 0.25) is 0 Å². The average molecular weight is 402 g/mol. The molecular weight excluding hydrogens is 392 g/mol. The minimum atomic E-state index is -4.67. The Bertz CT molecular complexity index is 793. The molecule has 0 amide bonds. The molecule has 1 rings (SSSR count). The average Bonchev–Trinajstić information content (AvgIpc) is 2.42. The molecule has 0 aliphatic rings. The van der Waals surface area contributed by atoms with Crippen molar-refractivity contribution in [3.8, 4) is 0 Å². The van der Waals surface area contributed by atoms with E-state index in [0.29, 0.717) is 12.1 Å². The molecule has 19 heteroatoms. The highest BCUT2D eigenvalue weighted by molar-refractivity contribution is 7.79. The molecule has 0 atom stereocenters. The quantitative estimate of drug-likeness (QED) is 0.344. The first-order chi connectivity index (χ1) is 11.2. The maximum absolute atomic E-state index is 10.8. The van der Waals surface area contributed by atoms with Gasteiger partial charge in [0.25, 0.3) is 11.4 Å². The predicted molar refractivity (Wildman–Crippen MR) is 81.0 cm³/mol. The molecule has 0 saturated heterocycles. The molecule has 0 spiro atoms. The van der Waals surface area contributed by atoms with Crippen LogP contribution in [0, 0.1) is 40.5 Å². The van der Waals surface area contributed by atoms with Crippen LogP contribution < -0.4 is 11.2 Å². The molecule has 1 aromatic rings. The molecule has 0 bridgehead atoms. The second-order valence-corrected chi connectivity index (χ2v) is 4.71. The zero-order valence-electron chi connectivity index (χ0n) is 12.5. The van der Waals surface area contributed by atoms with Crippen LogP contribution in [0.1, 0.15) is 0 Å². The Hall–Kier alpha value is -3.55. The molecule has 146 valence electrons. The van der Waals surface area contributed by atoms with E-state index in [9.17, 15) is 40.5 Å². The van der Waals surface area contributed by atoms with E-state index in [1.165, 1.54) is 0 Å². The smallest absolute Gasteiger partial charge is 0.344 e. The van der Waals surface area contributed by atoms with Crippen molar-refractivity contribution in [1.29, 1.82) is 0 Å². The van der Waals surface area contributed by atoms with E-state index >= 15 is 0 Å². The fraction of sp³-hybridized carbons (Fsp3) is 0.143. The van der Waals surface area contributed by atoms with Crippen LogP contribution >= 0.6 is 0 Å². The summed E-state index contributed by atoms with van der Waals surface area (Å²) in [6.45, 7) is 0. The topological polar surface area (TPSA) is 285 Å². The van der Waals surface area contributed by atoms with Gasteiger partial charge in [0.05, 0.1) is 34.0 Å². The van der Waals surface area contributed by atoms with Crippen molar-refractivity contribution in [1.82, 2.24) is 6.15 Å². The third kappa shape index (κ3) is 7.35. The van der Waals surface area contributed by atoms with Crippen molar-refractivity contribution >= 4 is 33.1 Å². The van der Waals surface area contributed by atoms with Crippen molar-refractivity contribution in [3.63, 3.8) is 0 Å². The van der Waals surface area contributed by atoms with E-state index in [4.69, 9.17) is 17.5 Å². The zero-order chi connectivity index (χ0) is 20.1. The maximum Gasteiger partial charge on any atom is 0.394 e. The largest absolute Gasteiger partial charge is 0.394 e. The van der Waals surface area contributed by atoms with Gasteiger partial charge in [-0.25, -0.2) is 10.1 Å². The molecule has 0 fully saturated rings. The summed E-state index contributed by atoms with van der Waals surface area (Å²) in [6.07, 6.45) is 0. The molecule has 0 aliphatic carbocycles. The van der Waals surface area contributed by atoms with Gasteiger partial charge in [-0.05, 0) is 0 Å². The standard InChI is InChI=1S/C7H5N5O8.H3N.H2O4S/c1-8(12(19)20)7-5(10(15)16)2-4(9(13)14)3-6(7)11(17)18;;1-5(2,3)4/h2-3H,1H3;1H3;(H2,1,2,3,4). The molecule has 0 aromatic heterocycles. The molecule has 1 aromatic carbocycles. The summed E-state index contributed by atoms with van der Waals surface area (Å²) in [5, 5.41) is 41.7. The van der Waals surface area contributed by atoms with E-state index < -0.39 is 53.0 Å². The van der Waals surface area contributed by atoms with Gasteiger partial charge in [-0.2, -0.15) is 8.42 Å². The number of hydrogen-bond donors (Lipinski definition) is 3. The molecule has 0 radical (unpaired) electrons. The number of nitrogens with zero attached hydrogens (tertiary/aromatic N) is 5. The third-order valence-electron chi connectivity index (χ3n) is 2.23. The molecule has 5 N–H and O–H groups in total. The van der Waals surface area contributed by atoms with Crippen molar-refractivity contribution in [2.24, 2.45) is 0 Å². The van der Waals surface area contributed by atoms with E-state index in [1.54, 1.807) is 0 Å². The Labute approximate surface area is 142 Å². The van der Waals surface area contributed by atoms with Gasteiger partial charge in [0, 0.05) is 0 Å². The minimum Gasteiger partial charge on any atom is -0.344 e. The number of rotatable bonds is 5. The second-order valence-electron chi connectivity index (χ2n) is 3.81. The second kappa shape index (κ2) is 9.07. The van der Waals surface area contributed by atoms with Crippen LogP contribution in [0.5, 0.6) is 0 Å². The van der Waals surface area contributed by atoms with Crippen molar-refractivity contribution in [2.75, 3.05) is 12.1 Å². The van der Waals surface area contributed by atoms with Crippen LogP contribution in [0.2, 0.25) is 0 Å². The lowest BCUT2D eigenvalue weighted by molar-refractivity contribution is -0.493. The molecule has 0 unspecified atom stereocenters. The minimum absolute atomic E-state index is 0. The highest BCUT2D eigenvalue weighted by atomic mass is 32.3. The predicted octanol–water partition coefficient (Wildman–Crippen LogP) is 0.548. The summed E-state index contributed by atoms with van der Waals surface area (Å²) in [6, 6.07) is 0.838. The number of nitro groups is 4. The van der Waals surface area contributed by atoms with E-state index in [1.807, 2.05) is 0 Å². The monoisotopic (exact) mass is 402 g/mol. The summed E-state index contributed by atoms with van der Waals surface area (Å²) >= 11 is 0. The molecule has 0 saturated carbocycles. The molecular formula is C7H10N6O12S. The highest BCUT2D eigenvalue weighted by Gasteiger charge is 2.37. The normalized spacial score (nSPS) is 9.81. The van der Waals surface area contributed by atoms with Crippen molar-refractivity contribution in [3.05, 3.63) is 52.6 Å². The molecule has 0 aliphatic heterocycles. The Kier molecular flexibility index (Phi) is 8.62. The first kappa shape index (κ1) is 24.7. The Morgan fingerprint density at radius 2 is 1.19 bits per heavy atom. The van der Waals surface area contributed by atoms with Crippen molar-refractivity contribution in [2.45, 2.75) is 0 Å². The lowest BCUT2D eigenvalue weighted by atomic mass is 10.2. The third-order valence-corrected chi connectivity index (χ3v) is 2.23. The first-order valence-corrected chi connectivity index (χ1v) is 6.75. The molecule has 0 heterocycles. The SMILES string of the molecule is CN(c1c([N+](=O)[O-])cc([N+](=O)[O-])cc1[N+](=O)[O-])[N+](=O)[O-].N.O=S(=O)(O)O. The Balaban J connectivity index is 0. The fourth-order valence-electron chi connectivity index (χ4n) is 1.39. The number of nitro benzene ring substituents is 3. The Morgan fingerprint density at radius 3 is 1.38 bits per heavy atom. The van der Waals surface area contributed by atoms with Gasteiger partial charge < -0.3 is 6.15 Å². The van der Waals surface area contributed by atoms with E-state index in [-0.39, 0.29) is 11.2 Å².